The fraction of sp³-hybridized carbons (Fsp3) is 0.148. The van der Waals surface area contributed by atoms with Gasteiger partial charge in [-0.05, 0) is 60.4 Å². The monoisotopic (exact) mass is 565 g/mol. The predicted molar refractivity (Wildman–Crippen MR) is 144 cm³/mol. The molecule has 0 unspecified atom stereocenters. The summed E-state index contributed by atoms with van der Waals surface area (Å²) in [5.41, 5.74) is 2.56. The SMILES string of the molecule is N#C/C(C(=O)NCCc1ccccc1)=C1/S[C@H](Cc2ccc(Cl)cc2)C(=O)N1c1ccc(Br)cc1. The second-order valence-electron chi connectivity index (χ2n) is 7.87. The Morgan fingerprint density at radius 3 is 2.37 bits per heavy atom. The van der Waals surface area contributed by atoms with Gasteiger partial charge in [-0.1, -0.05) is 81.8 Å². The first kappa shape index (κ1) is 25.1. The van der Waals surface area contributed by atoms with Crippen molar-refractivity contribution in [2.45, 2.75) is 18.1 Å². The Hall–Kier alpha value is -3.05. The molecule has 3 aromatic carbocycles. The first-order chi connectivity index (χ1) is 17.0. The van der Waals surface area contributed by atoms with Crippen LogP contribution in [0.3, 0.4) is 0 Å². The number of nitrogens with one attached hydrogen (secondary N) is 1. The summed E-state index contributed by atoms with van der Waals surface area (Å²) in [5, 5.41) is 13.3. The number of carbonyl (C=O) groups excluding carboxylic acids is 2. The number of rotatable bonds is 7. The van der Waals surface area contributed by atoms with Gasteiger partial charge in [-0.15, -0.1) is 0 Å². The van der Waals surface area contributed by atoms with E-state index in [-0.39, 0.29) is 11.5 Å². The van der Waals surface area contributed by atoms with Crippen LogP contribution in [0.2, 0.25) is 5.02 Å². The fourth-order valence-electron chi connectivity index (χ4n) is 3.70. The summed E-state index contributed by atoms with van der Waals surface area (Å²) < 4.78 is 0.864. The second kappa shape index (κ2) is 11.6. The molecule has 1 aliphatic heterocycles. The molecule has 0 saturated carbocycles. The highest BCUT2D eigenvalue weighted by Crippen LogP contribution is 2.42. The maximum atomic E-state index is 13.5. The van der Waals surface area contributed by atoms with Gasteiger partial charge in [0.25, 0.3) is 5.91 Å². The first-order valence-corrected chi connectivity index (χ1v) is 13.0. The maximum Gasteiger partial charge on any atom is 0.264 e. The summed E-state index contributed by atoms with van der Waals surface area (Å²) in [5.74, 6) is -0.667. The molecule has 0 spiro atoms. The van der Waals surface area contributed by atoms with Crippen LogP contribution in [0.5, 0.6) is 0 Å². The third-order valence-corrected chi connectivity index (χ3v) is 7.51. The minimum Gasteiger partial charge on any atom is -0.351 e. The van der Waals surface area contributed by atoms with Crippen LogP contribution in [-0.2, 0) is 22.4 Å². The third kappa shape index (κ3) is 6.15. The highest BCUT2D eigenvalue weighted by Gasteiger charge is 2.40. The molecule has 0 aromatic heterocycles. The van der Waals surface area contributed by atoms with Crippen molar-refractivity contribution in [3.05, 3.63) is 110 Å². The zero-order chi connectivity index (χ0) is 24.8. The van der Waals surface area contributed by atoms with Crippen molar-refractivity contribution in [2.75, 3.05) is 11.4 Å². The lowest BCUT2D eigenvalue weighted by Gasteiger charge is -2.19. The summed E-state index contributed by atoms with van der Waals surface area (Å²) in [6.07, 6.45) is 1.09. The van der Waals surface area contributed by atoms with Gasteiger partial charge >= 0.3 is 0 Å². The van der Waals surface area contributed by atoms with Gasteiger partial charge in [0.15, 0.2) is 0 Å². The van der Waals surface area contributed by atoms with Gasteiger partial charge in [0.1, 0.15) is 16.7 Å². The Kier molecular flexibility index (Phi) is 8.29. The molecule has 2 amide bonds. The number of benzene rings is 3. The molecule has 1 aliphatic rings. The minimum absolute atomic E-state index is 0.0714. The van der Waals surface area contributed by atoms with E-state index in [1.165, 1.54) is 16.7 Å². The van der Waals surface area contributed by atoms with Crippen LogP contribution in [0.15, 0.2) is 93.9 Å². The number of nitriles is 1. The predicted octanol–water partition coefficient (Wildman–Crippen LogP) is 5.89. The number of carbonyl (C=O) groups is 2. The Morgan fingerprint density at radius 1 is 1.03 bits per heavy atom. The number of nitrogens with zero attached hydrogens (tertiary/aromatic N) is 2. The molecule has 1 fully saturated rings. The van der Waals surface area contributed by atoms with Crippen LogP contribution in [0.25, 0.3) is 0 Å². The van der Waals surface area contributed by atoms with Crippen molar-refractivity contribution in [3.63, 3.8) is 0 Å². The van der Waals surface area contributed by atoms with Crippen molar-refractivity contribution >= 4 is 56.8 Å². The molecular weight excluding hydrogens is 546 g/mol. The van der Waals surface area contributed by atoms with E-state index in [9.17, 15) is 14.9 Å². The van der Waals surface area contributed by atoms with Gasteiger partial charge in [0, 0.05) is 21.7 Å². The number of hydrogen-bond acceptors (Lipinski definition) is 4. The van der Waals surface area contributed by atoms with Gasteiger partial charge in [-0.3, -0.25) is 14.5 Å². The second-order valence-corrected chi connectivity index (χ2v) is 10.4. The van der Waals surface area contributed by atoms with Crippen LogP contribution in [0, 0.1) is 11.3 Å². The third-order valence-electron chi connectivity index (χ3n) is 5.47. The summed E-state index contributed by atoms with van der Waals surface area (Å²) in [6, 6.07) is 26.4. The maximum absolute atomic E-state index is 13.5. The van der Waals surface area contributed by atoms with E-state index in [1.54, 1.807) is 24.3 Å². The van der Waals surface area contributed by atoms with Gasteiger partial charge in [-0.2, -0.15) is 5.26 Å². The molecule has 0 bridgehead atoms. The standard InChI is InChI=1S/C27H21BrClN3O2S/c28-20-8-12-22(13-9-20)32-26(34)24(16-19-6-10-21(29)11-7-19)35-27(32)23(17-30)25(33)31-15-14-18-4-2-1-3-5-18/h1-13,24H,14-16H2,(H,31,33)/b27-23-/t24-/m1/s1. The lowest BCUT2D eigenvalue weighted by atomic mass is 10.1. The fourth-order valence-corrected chi connectivity index (χ4v) is 5.40. The quantitative estimate of drug-likeness (QED) is 0.286. The first-order valence-electron chi connectivity index (χ1n) is 10.9. The van der Waals surface area contributed by atoms with E-state index in [1.807, 2.05) is 60.7 Å². The van der Waals surface area contributed by atoms with E-state index < -0.39 is 11.2 Å². The van der Waals surface area contributed by atoms with Crippen molar-refractivity contribution < 1.29 is 9.59 Å². The largest absolute Gasteiger partial charge is 0.351 e. The van der Waals surface area contributed by atoms with E-state index >= 15 is 0 Å². The van der Waals surface area contributed by atoms with E-state index in [0.717, 1.165) is 15.6 Å². The van der Waals surface area contributed by atoms with Crippen molar-refractivity contribution in [2.24, 2.45) is 0 Å². The Labute approximate surface area is 221 Å². The molecule has 0 radical (unpaired) electrons. The highest BCUT2D eigenvalue weighted by atomic mass is 79.9. The molecule has 1 heterocycles. The smallest absolute Gasteiger partial charge is 0.264 e. The summed E-state index contributed by atoms with van der Waals surface area (Å²) in [4.78, 5) is 28.0. The van der Waals surface area contributed by atoms with Crippen LogP contribution in [0.1, 0.15) is 11.1 Å². The van der Waals surface area contributed by atoms with E-state index in [2.05, 4.69) is 21.2 Å². The Morgan fingerprint density at radius 2 is 1.71 bits per heavy atom. The minimum atomic E-state index is -0.493. The summed E-state index contributed by atoms with van der Waals surface area (Å²) >= 11 is 10.7. The highest BCUT2D eigenvalue weighted by molar-refractivity contribution is 9.10. The number of hydrogen-bond donors (Lipinski definition) is 1. The zero-order valence-corrected chi connectivity index (χ0v) is 21.7. The molecule has 35 heavy (non-hydrogen) atoms. The normalized spacial score (nSPS) is 16.7. The van der Waals surface area contributed by atoms with Crippen LogP contribution in [-0.4, -0.2) is 23.6 Å². The van der Waals surface area contributed by atoms with E-state index in [0.29, 0.717) is 35.1 Å². The lowest BCUT2D eigenvalue weighted by molar-refractivity contribution is -0.117. The average molecular weight is 567 g/mol. The Bertz CT molecular complexity index is 1290. The number of amides is 2. The number of thioether (sulfide) groups is 1. The van der Waals surface area contributed by atoms with Crippen molar-refractivity contribution in [1.82, 2.24) is 5.32 Å². The topological polar surface area (TPSA) is 73.2 Å². The number of anilines is 1. The van der Waals surface area contributed by atoms with Crippen molar-refractivity contribution in [1.29, 1.82) is 5.26 Å². The molecule has 1 N–H and O–H groups in total. The van der Waals surface area contributed by atoms with Crippen LogP contribution >= 0.6 is 39.3 Å². The van der Waals surface area contributed by atoms with Gasteiger partial charge < -0.3 is 5.32 Å². The van der Waals surface area contributed by atoms with Gasteiger partial charge in [-0.25, -0.2) is 0 Å². The molecule has 3 aromatic rings. The molecular formula is C27H21BrClN3O2S. The molecule has 4 rings (SSSR count). The average Bonchev–Trinajstić information content (AvgIpc) is 3.17. The molecule has 0 aliphatic carbocycles. The van der Waals surface area contributed by atoms with E-state index in [4.69, 9.17) is 11.6 Å². The molecule has 176 valence electrons. The van der Waals surface area contributed by atoms with Crippen LogP contribution < -0.4 is 10.2 Å². The molecule has 1 atom stereocenters. The summed E-state index contributed by atoms with van der Waals surface area (Å²) in [6.45, 7) is 0.381. The van der Waals surface area contributed by atoms with Gasteiger partial charge in [0.2, 0.25) is 5.91 Å². The lowest BCUT2D eigenvalue weighted by Crippen LogP contribution is -2.32. The zero-order valence-electron chi connectivity index (χ0n) is 18.6. The molecule has 5 nitrogen and oxygen atoms in total. The molecule has 8 heteroatoms. The summed E-state index contributed by atoms with van der Waals surface area (Å²) in [7, 11) is 0. The molecule has 1 saturated heterocycles. The van der Waals surface area contributed by atoms with Gasteiger partial charge in [0.05, 0.1) is 5.25 Å². The Balaban J connectivity index is 1.61. The number of halogens is 2. The van der Waals surface area contributed by atoms with Crippen LogP contribution in [0.4, 0.5) is 5.69 Å². The van der Waals surface area contributed by atoms with Crippen molar-refractivity contribution in [3.8, 4) is 6.07 Å².